The van der Waals surface area contributed by atoms with Crippen molar-refractivity contribution in [2.75, 3.05) is 27.2 Å². The van der Waals surface area contributed by atoms with Crippen molar-refractivity contribution in [2.45, 2.75) is 12.5 Å². The van der Waals surface area contributed by atoms with Gasteiger partial charge in [0.15, 0.2) is 0 Å². The van der Waals surface area contributed by atoms with Gasteiger partial charge >= 0.3 is 0 Å². The molecule has 1 saturated heterocycles. The van der Waals surface area contributed by atoms with E-state index in [2.05, 4.69) is 17.4 Å². The highest BCUT2D eigenvalue weighted by Crippen LogP contribution is 2.13. The Morgan fingerprint density at radius 3 is 2.89 bits per heavy atom. The highest BCUT2D eigenvalue weighted by Gasteiger charge is 2.23. The third-order valence-corrected chi connectivity index (χ3v) is 1.86. The SMILES string of the molecule is CNOC[C@@H]1CCN1C. The van der Waals surface area contributed by atoms with E-state index in [-0.39, 0.29) is 0 Å². The lowest BCUT2D eigenvalue weighted by Crippen LogP contribution is -2.48. The number of likely N-dealkylation sites (N-methyl/N-ethyl adjacent to an activating group) is 1. The minimum absolute atomic E-state index is 0.650. The van der Waals surface area contributed by atoms with Gasteiger partial charge in [0, 0.05) is 13.1 Å². The number of nitrogens with one attached hydrogen (secondary N) is 1. The fraction of sp³-hybridized carbons (Fsp3) is 1.00. The van der Waals surface area contributed by atoms with Crippen LogP contribution in [-0.2, 0) is 4.84 Å². The van der Waals surface area contributed by atoms with Gasteiger partial charge in [-0.2, -0.15) is 0 Å². The van der Waals surface area contributed by atoms with Gasteiger partial charge in [0.25, 0.3) is 0 Å². The van der Waals surface area contributed by atoms with Crippen molar-refractivity contribution in [3.05, 3.63) is 0 Å². The Morgan fingerprint density at radius 2 is 2.56 bits per heavy atom. The van der Waals surface area contributed by atoms with Gasteiger partial charge < -0.3 is 9.74 Å². The number of nitrogens with zero attached hydrogens (tertiary/aromatic N) is 1. The van der Waals surface area contributed by atoms with E-state index >= 15 is 0 Å². The van der Waals surface area contributed by atoms with Crippen LogP contribution in [0.1, 0.15) is 6.42 Å². The second-order valence-corrected chi connectivity index (χ2v) is 2.44. The molecule has 0 aromatic rings. The summed E-state index contributed by atoms with van der Waals surface area (Å²) in [5.74, 6) is 0. The molecule has 0 aromatic carbocycles. The van der Waals surface area contributed by atoms with Gasteiger partial charge in [-0.3, -0.25) is 0 Å². The van der Waals surface area contributed by atoms with E-state index < -0.39 is 0 Å². The zero-order chi connectivity index (χ0) is 6.69. The molecule has 1 rings (SSSR count). The van der Waals surface area contributed by atoms with Crippen LogP contribution in [0.2, 0.25) is 0 Å². The average Bonchev–Trinajstić information content (AvgIpc) is 1.86. The highest BCUT2D eigenvalue weighted by atomic mass is 16.6. The first kappa shape index (κ1) is 6.99. The Bertz CT molecular complexity index is 87.1. The molecular formula is C6H14N2O. The van der Waals surface area contributed by atoms with Crippen LogP contribution in [0.3, 0.4) is 0 Å². The molecule has 1 atom stereocenters. The van der Waals surface area contributed by atoms with Crippen LogP contribution in [0.5, 0.6) is 0 Å². The highest BCUT2D eigenvalue weighted by molar-refractivity contribution is 4.78. The maximum absolute atomic E-state index is 5.02. The van der Waals surface area contributed by atoms with Gasteiger partial charge in [-0.25, -0.2) is 5.48 Å². The van der Waals surface area contributed by atoms with Crippen molar-refractivity contribution in [1.82, 2.24) is 10.4 Å². The molecule has 0 unspecified atom stereocenters. The molecule has 1 aliphatic rings. The molecule has 0 bridgehead atoms. The first-order valence-electron chi connectivity index (χ1n) is 3.33. The number of hydrogen-bond acceptors (Lipinski definition) is 3. The summed E-state index contributed by atoms with van der Waals surface area (Å²) in [7, 11) is 3.91. The Hall–Kier alpha value is -0.120. The summed E-state index contributed by atoms with van der Waals surface area (Å²) in [5, 5.41) is 0. The molecule has 9 heavy (non-hydrogen) atoms. The Kier molecular flexibility index (Phi) is 2.45. The third kappa shape index (κ3) is 1.64. The quantitative estimate of drug-likeness (QED) is 0.537. The van der Waals surface area contributed by atoms with E-state index in [1.165, 1.54) is 13.0 Å². The summed E-state index contributed by atoms with van der Waals surface area (Å²) in [4.78, 5) is 7.31. The summed E-state index contributed by atoms with van der Waals surface area (Å²) in [6, 6.07) is 0.650. The van der Waals surface area contributed by atoms with Crippen molar-refractivity contribution >= 4 is 0 Å². The third-order valence-electron chi connectivity index (χ3n) is 1.86. The molecular weight excluding hydrogens is 116 g/mol. The average molecular weight is 130 g/mol. The molecule has 1 N–H and O–H groups in total. The largest absolute Gasteiger partial charge is 0.301 e. The van der Waals surface area contributed by atoms with Gasteiger partial charge in [0.2, 0.25) is 0 Å². The maximum Gasteiger partial charge on any atom is 0.0837 e. The van der Waals surface area contributed by atoms with Gasteiger partial charge in [0.1, 0.15) is 0 Å². The summed E-state index contributed by atoms with van der Waals surface area (Å²) < 4.78 is 0. The first-order valence-corrected chi connectivity index (χ1v) is 3.33. The molecule has 0 spiro atoms. The van der Waals surface area contributed by atoms with Crippen molar-refractivity contribution < 1.29 is 4.84 Å². The monoisotopic (exact) mass is 130 g/mol. The van der Waals surface area contributed by atoms with Gasteiger partial charge in [0.05, 0.1) is 6.61 Å². The van der Waals surface area contributed by atoms with Gasteiger partial charge in [-0.15, -0.1) is 0 Å². The predicted molar refractivity (Wildman–Crippen MR) is 36.0 cm³/mol. The van der Waals surface area contributed by atoms with Crippen LogP contribution in [0.4, 0.5) is 0 Å². The number of hydroxylamine groups is 1. The van der Waals surface area contributed by atoms with Crippen LogP contribution in [-0.4, -0.2) is 38.2 Å². The van der Waals surface area contributed by atoms with Crippen molar-refractivity contribution in [3.8, 4) is 0 Å². The molecule has 1 heterocycles. The molecule has 54 valence electrons. The summed E-state index contributed by atoms with van der Waals surface area (Å²) in [6.07, 6.45) is 1.28. The summed E-state index contributed by atoms with van der Waals surface area (Å²) in [6.45, 7) is 2.03. The van der Waals surface area contributed by atoms with Gasteiger partial charge in [-0.05, 0) is 20.0 Å². The maximum atomic E-state index is 5.02. The van der Waals surface area contributed by atoms with Crippen LogP contribution >= 0.6 is 0 Å². The van der Waals surface area contributed by atoms with Gasteiger partial charge in [-0.1, -0.05) is 0 Å². The number of likely N-dealkylation sites (tertiary alicyclic amines) is 1. The lowest BCUT2D eigenvalue weighted by molar-refractivity contribution is -0.0179. The molecule has 0 saturated carbocycles. The Balaban J connectivity index is 1.99. The standard InChI is InChI=1S/C6H14N2O/c1-7-9-5-6-3-4-8(6)2/h6-7H,3-5H2,1-2H3/t6-/m0/s1. The molecule has 1 fully saturated rings. The fourth-order valence-electron chi connectivity index (χ4n) is 0.960. The minimum atomic E-state index is 0.650. The van der Waals surface area contributed by atoms with Crippen LogP contribution in [0.15, 0.2) is 0 Å². The fourth-order valence-corrected chi connectivity index (χ4v) is 0.960. The second-order valence-electron chi connectivity index (χ2n) is 2.44. The molecule has 0 aliphatic carbocycles. The molecule has 0 aromatic heterocycles. The predicted octanol–water partition coefficient (Wildman–Crippen LogP) is -0.159. The van der Waals surface area contributed by atoms with E-state index in [1.807, 2.05) is 0 Å². The Labute approximate surface area is 55.9 Å². The minimum Gasteiger partial charge on any atom is -0.301 e. The smallest absolute Gasteiger partial charge is 0.0837 e. The molecule has 0 radical (unpaired) electrons. The summed E-state index contributed by atoms with van der Waals surface area (Å²) >= 11 is 0. The first-order chi connectivity index (χ1) is 4.34. The second kappa shape index (κ2) is 3.15. The topological polar surface area (TPSA) is 24.5 Å². The lowest BCUT2D eigenvalue weighted by Gasteiger charge is -2.37. The van der Waals surface area contributed by atoms with Crippen molar-refractivity contribution in [3.63, 3.8) is 0 Å². The lowest BCUT2D eigenvalue weighted by atomic mass is 10.1. The normalized spacial score (nSPS) is 28.0. The van der Waals surface area contributed by atoms with E-state index in [0.717, 1.165) is 6.61 Å². The van der Waals surface area contributed by atoms with Crippen LogP contribution in [0, 0.1) is 0 Å². The van der Waals surface area contributed by atoms with E-state index in [9.17, 15) is 0 Å². The number of rotatable bonds is 3. The van der Waals surface area contributed by atoms with E-state index in [1.54, 1.807) is 7.05 Å². The van der Waals surface area contributed by atoms with Crippen molar-refractivity contribution in [2.24, 2.45) is 0 Å². The molecule has 3 heteroatoms. The van der Waals surface area contributed by atoms with Crippen LogP contribution in [0.25, 0.3) is 0 Å². The van der Waals surface area contributed by atoms with Crippen LogP contribution < -0.4 is 5.48 Å². The zero-order valence-electron chi connectivity index (χ0n) is 6.05. The Morgan fingerprint density at radius 1 is 1.78 bits per heavy atom. The van der Waals surface area contributed by atoms with E-state index in [0.29, 0.717) is 6.04 Å². The van der Waals surface area contributed by atoms with E-state index in [4.69, 9.17) is 4.84 Å². The molecule has 1 aliphatic heterocycles. The molecule has 0 amide bonds. The zero-order valence-corrected chi connectivity index (χ0v) is 6.05. The van der Waals surface area contributed by atoms with Crippen molar-refractivity contribution in [1.29, 1.82) is 0 Å². The molecule has 3 nitrogen and oxygen atoms in total. The number of hydrogen-bond donors (Lipinski definition) is 1. The summed E-state index contributed by atoms with van der Waals surface area (Å²) in [5.41, 5.74) is 2.66.